The molecule has 0 unspecified atom stereocenters. The minimum atomic E-state index is -0.711. The van der Waals surface area contributed by atoms with Crippen molar-refractivity contribution in [2.75, 3.05) is 19.7 Å². The number of hydrogen-bond donors (Lipinski definition) is 2. The molecule has 0 spiro atoms. The van der Waals surface area contributed by atoms with Crippen LogP contribution in [0.1, 0.15) is 12.5 Å². The van der Waals surface area contributed by atoms with Crippen molar-refractivity contribution in [3.8, 4) is 0 Å². The summed E-state index contributed by atoms with van der Waals surface area (Å²) >= 11 is 3.34. The first kappa shape index (κ1) is 17.2. The third-order valence-corrected chi connectivity index (χ3v) is 2.97. The van der Waals surface area contributed by atoms with Gasteiger partial charge in [0.25, 0.3) is 0 Å². The highest BCUT2D eigenvalue weighted by molar-refractivity contribution is 9.10. The maximum atomic E-state index is 11.9. The number of nitrogens with zero attached hydrogens (tertiary/aromatic N) is 1. The Morgan fingerprint density at radius 2 is 2.05 bits per heavy atom. The summed E-state index contributed by atoms with van der Waals surface area (Å²) in [6.45, 7) is 2.13. The standard InChI is InChI=1S/C14H18BrN3O3/c1-2-21-14(20)18(10-8-16)13(19)17-9-7-11-3-5-12(15)6-4-11/h3-7,9H,2,8,10,16H2,1H3,(H,17,19)/b9-7+. The minimum Gasteiger partial charge on any atom is -0.449 e. The van der Waals surface area contributed by atoms with Crippen molar-refractivity contribution < 1.29 is 14.3 Å². The lowest BCUT2D eigenvalue weighted by atomic mass is 10.2. The Balaban J connectivity index is 2.60. The number of urea groups is 1. The summed E-state index contributed by atoms with van der Waals surface area (Å²) in [4.78, 5) is 24.4. The minimum absolute atomic E-state index is 0.0940. The van der Waals surface area contributed by atoms with Gasteiger partial charge in [-0.15, -0.1) is 0 Å². The van der Waals surface area contributed by atoms with E-state index in [1.165, 1.54) is 6.20 Å². The van der Waals surface area contributed by atoms with Gasteiger partial charge >= 0.3 is 12.1 Å². The smallest absolute Gasteiger partial charge is 0.418 e. The van der Waals surface area contributed by atoms with E-state index in [1.54, 1.807) is 13.0 Å². The molecule has 0 saturated heterocycles. The van der Waals surface area contributed by atoms with E-state index >= 15 is 0 Å². The second-order valence-corrected chi connectivity index (χ2v) is 4.89. The van der Waals surface area contributed by atoms with E-state index in [1.807, 2.05) is 24.3 Å². The topological polar surface area (TPSA) is 84.7 Å². The molecule has 6 nitrogen and oxygen atoms in total. The summed E-state index contributed by atoms with van der Waals surface area (Å²) in [6.07, 6.45) is 2.47. The number of halogens is 1. The van der Waals surface area contributed by atoms with Gasteiger partial charge in [0, 0.05) is 23.8 Å². The van der Waals surface area contributed by atoms with Gasteiger partial charge < -0.3 is 15.8 Å². The van der Waals surface area contributed by atoms with E-state index in [0.29, 0.717) is 0 Å². The number of imide groups is 1. The fraction of sp³-hybridized carbons (Fsp3) is 0.286. The second-order valence-electron chi connectivity index (χ2n) is 3.97. The van der Waals surface area contributed by atoms with Crippen molar-refractivity contribution in [3.63, 3.8) is 0 Å². The van der Waals surface area contributed by atoms with Crippen molar-refractivity contribution in [1.82, 2.24) is 10.2 Å². The van der Waals surface area contributed by atoms with Crippen molar-refractivity contribution in [2.24, 2.45) is 5.73 Å². The van der Waals surface area contributed by atoms with Crippen LogP contribution in [0.4, 0.5) is 9.59 Å². The van der Waals surface area contributed by atoms with Gasteiger partial charge in [-0.3, -0.25) is 0 Å². The third-order valence-electron chi connectivity index (χ3n) is 2.44. The average molecular weight is 356 g/mol. The van der Waals surface area contributed by atoms with Crippen molar-refractivity contribution >= 4 is 34.1 Å². The fourth-order valence-electron chi connectivity index (χ4n) is 1.47. The highest BCUT2D eigenvalue weighted by Gasteiger charge is 2.20. The lowest BCUT2D eigenvalue weighted by Crippen LogP contribution is -2.44. The number of carbonyl (C=O) groups excluding carboxylic acids is 2. The Hall–Kier alpha value is -1.86. The molecule has 0 radical (unpaired) electrons. The van der Waals surface area contributed by atoms with Crippen molar-refractivity contribution in [3.05, 3.63) is 40.5 Å². The molecular weight excluding hydrogens is 338 g/mol. The molecule has 0 heterocycles. The number of hydrogen-bond acceptors (Lipinski definition) is 4. The van der Waals surface area contributed by atoms with Crippen LogP contribution in [0.5, 0.6) is 0 Å². The van der Waals surface area contributed by atoms with Crippen LogP contribution in [0.25, 0.3) is 6.08 Å². The number of ether oxygens (including phenoxy) is 1. The quantitative estimate of drug-likeness (QED) is 0.849. The maximum absolute atomic E-state index is 11.9. The van der Waals surface area contributed by atoms with Crippen molar-refractivity contribution in [2.45, 2.75) is 6.92 Å². The molecule has 114 valence electrons. The molecule has 0 atom stereocenters. The Labute approximate surface area is 132 Å². The molecule has 0 saturated carbocycles. The van der Waals surface area contributed by atoms with Crippen LogP contribution in [0, 0.1) is 0 Å². The number of nitrogens with one attached hydrogen (secondary N) is 1. The molecule has 21 heavy (non-hydrogen) atoms. The van der Waals surface area contributed by atoms with E-state index in [4.69, 9.17) is 10.5 Å². The van der Waals surface area contributed by atoms with Crippen LogP contribution in [-0.2, 0) is 4.74 Å². The SMILES string of the molecule is CCOC(=O)N(CCN)C(=O)N/C=C/c1ccc(Br)cc1. The molecule has 3 amide bonds. The molecule has 0 aromatic heterocycles. The zero-order chi connectivity index (χ0) is 15.7. The summed E-state index contributed by atoms with van der Waals surface area (Å²) in [7, 11) is 0. The number of carbonyl (C=O) groups is 2. The van der Waals surface area contributed by atoms with E-state index in [9.17, 15) is 9.59 Å². The molecule has 0 aliphatic heterocycles. The van der Waals surface area contributed by atoms with Gasteiger partial charge in [-0.05, 0) is 30.7 Å². The second kappa shape index (κ2) is 9.15. The maximum Gasteiger partial charge on any atom is 0.418 e. The molecule has 0 fully saturated rings. The summed E-state index contributed by atoms with van der Waals surface area (Å²) in [5.41, 5.74) is 6.30. The molecule has 0 bridgehead atoms. The molecular formula is C14H18BrN3O3. The first-order chi connectivity index (χ1) is 10.1. The average Bonchev–Trinajstić information content (AvgIpc) is 2.47. The first-order valence-corrected chi connectivity index (χ1v) is 7.24. The van der Waals surface area contributed by atoms with E-state index < -0.39 is 12.1 Å². The highest BCUT2D eigenvalue weighted by atomic mass is 79.9. The molecule has 7 heteroatoms. The molecule has 1 rings (SSSR count). The zero-order valence-electron chi connectivity index (χ0n) is 11.7. The summed E-state index contributed by atoms with van der Waals surface area (Å²) in [5.74, 6) is 0. The Kier molecular flexibility index (Phi) is 7.49. The Morgan fingerprint density at radius 1 is 1.38 bits per heavy atom. The molecule has 1 aromatic carbocycles. The Bertz CT molecular complexity index is 503. The summed E-state index contributed by atoms with van der Waals surface area (Å²) < 4.78 is 5.77. The van der Waals surface area contributed by atoms with Crippen LogP contribution >= 0.6 is 15.9 Å². The van der Waals surface area contributed by atoms with E-state index in [-0.39, 0.29) is 19.7 Å². The lowest BCUT2D eigenvalue weighted by Gasteiger charge is -2.18. The first-order valence-electron chi connectivity index (χ1n) is 6.45. The number of nitrogens with two attached hydrogens (primary N) is 1. The van der Waals surface area contributed by atoms with Crippen LogP contribution in [0.2, 0.25) is 0 Å². The predicted molar refractivity (Wildman–Crippen MR) is 84.5 cm³/mol. The fourth-order valence-corrected chi connectivity index (χ4v) is 1.73. The predicted octanol–water partition coefficient (Wildman–Crippen LogP) is 2.55. The van der Waals surface area contributed by atoms with E-state index in [2.05, 4.69) is 21.2 Å². The van der Waals surface area contributed by atoms with Gasteiger partial charge in [0.2, 0.25) is 0 Å². The lowest BCUT2D eigenvalue weighted by molar-refractivity contribution is 0.116. The molecule has 3 N–H and O–H groups in total. The monoisotopic (exact) mass is 355 g/mol. The highest BCUT2D eigenvalue weighted by Crippen LogP contribution is 2.11. The van der Waals surface area contributed by atoms with E-state index in [0.717, 1.165) is 14.9 Å². The Morgan fingerprint density at radius 3 is 2.62 bits per heavy atom. The van der Waals surface area contributed by atoms with Gasteiger partial charge in [0.1, 0.15) is 0 Å². The molecule has 1 aromatic rings. The van der Waals surface area contributed by atoms with Crippen molar-refractivity contribution in [1.29, 1.82) is 0 Å². The molecule has 0 aliphatic carbocycles. The normalized spacial score (nSPS) is 10.4. The number of benzene rings is 1. The third kappa shape index (κ3) is 5.97. The summed E-state index contributed by atoms with van der Waals surface area (Å²) in [6, 6.07) is 6.97. The number of rotatable bonds is 5. The largest absolute Gasteiger partial charge is 0.449 e. The molecule has 0 aliphatic rings. The van der Waals surface area contributed by atoms with Crippen LogP contribution in [0.15, 0.2) is 34.9 Å². The van der Waals surface area contributed by atoms with Gasteiger partial charge in [-0.25, -0.2) is 14.5 Å². The van der Waals surface area contributed by atoms with Gasteiger partial charge in [0.15, 0.2) is 0 Å². The van der Waals surface area contributed by atoms with Crippen LogP contribution < -0.4 is 11.1 Å². The van der Waals surface area contributed by atoms with Gasteiger partial charge in [-0.1, -0.05) is 28.1 Å². The summed E-state index contributed by atoms with van der Waals surface area (Å²) in [5, 5.41) is 2.51. The van der Waals surface area contributed by atoms with Crippen LogP contribution in [-0.4, -0.2) is 36.7 Å². The van der Waals surface area contributed by atoms with Crippen LogP contribution in [0.3, 0.4) is 0 Å². The number of amides is 3. The van der Waals surface area contributed by atoms with Gasteiger partial charge in [0.05, 0.1) is 6.61 Å². The zero-order valence-corrected chi connectivity index (χ0v) is 13.3. The van der Waals surface area contributed by atoms with Gasteiger partial charge in [-0.2, -0.15) is 0 Å².